The third-order valence-electron chi connectivity index (χ3n) is 1.81. The summed E-state index contributed by atoms with van der Waals surface area (Å²) in [7, 11) is 0. The summed E-state index contributed by atoms with van der Waals surface area (Å²) in [4.78, 5) is 7.54. The van der Waals surface area contributed by atoms with Gasteiger partial charge in [0.2, 0.25) is 11.2 Å². The lowest BCUT2D eigenvalue weighted by atomic mass is 10.3. The van der Waals surface area contributed by atoms with Crippen molar-refractivity contribution in [3.05, 3.63) is 44.7 Å². The first-order valence-electron chi connectivity index (χ1n) is 4.38. The van der Waals surface area contributed by atoms with Gasteiger partial charge in [-0.05, 0) is 23.7 Å². The van der Waals surface area contributed by atoms with Crippen LogP contribution in [0.3, 0.4) is 0 Å². The molecule has 7 heteroatoms. The first kappa shape index (κ1) is 12.7. The monoisotopic (exact) mass is 308 g/mol. The van der Waals surface area contributed by atoms with E-state index < -0.39 is 0 Å². The van der Waals surface area contributed by atoms with Gasteiger partial charge in [-0.3, -0.25) is 0 Å². The van der Waals surface area contributed by atoms with Crippen molar-refractivity contribution in [2.75, 3.05) is 0 Å². The van der Waals surface area contributed by atoms with Crippen molar-refractivity contribution in [2.24, 2.45) is 0 Å². The maximum Gasteiger partial charge on any atom is 0.242 e. The molecule has 0 saturated carbocycles. The van der Waals surface area contributed by atoms with E-state index in [2.05, 4.69) is 9.97 Å². The van der Waals surface area contributed by atoms with Gasteiger partial charge in [-0.15, -0.1) is 0 Å². The quantitative estimate of drug-likeness (QED) is 0.741. The number of aromatic nitrogens is 2. The van der Waals surface area contributed by atoms with Crippen LogP contribution in [-0.4, -0.2) is 9.97 Å². The average molecular weight is 310 g/mol. The Morgan fingerprint density at radius 1 is 1.00 bits per heavy atom. The molecule has 0 aliphatic heterocycles. The molecule has 0 fully saturated rings. The van der Waals surface area contributed by atoms with E-state index in [1.54, 1.807) is 18.2 Å². The molecule has 1 aromatic carbocycles. The Kier molecular flexibility index (Phi) is 3.94. The molecule has 0 atom stereocenters. The minimum atomic E-state index is 0.0301. The van der Waals surface area contributed by atoms with Gasteiger partial charge in [-0.1, -0.05) is 40.9 Å². The molecule has 88 valence electrons. The predicted octanol–water partition coefficient (Wildman–Crippen LogP) is 4.88. The second-order valence-electron chi connectivity index (χ2n) is 2.95. The second kappa shape index (κ2) is 5.27. The van der Waals surface area contributed by atoms with Crippen molar-refractivity contribution in [3.8, 4) is 11.6 Å². The van der Waals surface area contributed by atoms with Crippen LogP contribution in [0.25, 0.3) is 0 Å². The molecule has 17 heavy (non-hydrogen) atoms. The minimum Gasteiger partial charge on any atom is -0.436 e. The van der Waals surface area contributed by atoms with Crippen molar-refractivity contribution < 1.29 is 4.74 Å². The number of ether oxygens (including phenoxy) is 1. The highest BCUT2D eigenvalue weighted by atomic mass is 35.5. The highest BCUT2D eigenvalue weighted by Gasteiger charge is 2.11. The van der Waals surface area contributed by atoms with Gasteiger partial charge in [-0.2, -0.15) is 4.98 Å². The molecular weight excluding hydrogens is 306 g/mol. The van der Waals surface area contributed by atoms with Gasteiger partial charge in [0.1, 0.15) is 15.8 Å². The molecule has 3 nitrogen and oxygen atoms in total. The van der Waals surface area contributed by atoms with E-state index in [-0.39, 0.29) is 21.2 Å². The maximum atomic E-state index is 5.96. The molecule has 0 aliphatic carbocycles. The fourth-order valence-corrected chi connectivity index (χ4v) is 1.66. The molecule has 0 amide bonds. The van der Waals surface area contributed by atoms with Crippen LogP contribution in [0.1, 0.15) is 0 Å². The Labute approximate surface area is 117 Å². The lowest BCUT2D eigenvalue weighted by molar-refractivity contribution is 0.462. The molecule has 2 aromatic rings. The summed E-state index contributed by atoms with van der Waals surface area (Å²) in [6.45, 7) is 0. The SMILES string of the molecule is Clc1ncc(Cl)c(Oc2cccc(Cl)c2Cl)n1. The van der Waals surface area contributed by atoms with Crippen LogP contribution in [0.2, 0.25) is 20.4 Å². The van der Waals surface area contributed by atoms with Gasteiger partial charge in [0.15, 0.2) is 0 Å². The molecule has 0 radical (unpaired) electrons. The summed E-state index contributed by atoms with van der Waals surface area (Å²) < 4.78 is 5.42. The van der Waals surface area contributed by atoms with Crippen molar-refractivity contribution in [3.63, 3.8) is 0 Å². The summed E-state index contributed by atoms with van der Waals surface area (Å²) in [5.74, 6) is 0.465. The van der Waals surface area contributed by atoms with Crippen LogP contribution < -0.4 is 4.74 Å². The number of hydrogen-bond acceptors (Lipinski definition) is 3. The van der Waals surface area contributed by atoms with E-state index in [1.165, 1.54) is 6.20 Å². The zero-order valence-electron chi connectivity index (χ0n) is 8.12. The molecule has 1 aromatic heterocycles. The van der Waals surface area contributed by atoms with E-state index in [0.29, 0.717) is 10.8 Å². The van der Waals surface area contributed by atoms with E-state index in [0.717, 1.165) is 0 Å². The Balaban J connectivity index is 2.38. The van der Waals surface area contributed by atoms with Gasteiger partial charge in [-0.25, -0.2) is 4.98 Å². The lowest BCUT2D eigenvalue weighted by Crippen LogP contribution is -1.92. The molecule has 0 saturated heterocycles. The topological polar surface area (TPSA) is 35.0 Å². The highest BCUT2D eigenvalue weighted by Crippen LogP contribution is 2.36. The van der Waals surface area contributed by atoms with Gasteiger partial charge in [0.05, 0.1) is 11.2 Å². The first-order chi connectivity index (χ1) is 8.08. The van der Waals surface area contributed by atoms with E-state index >= 15 is 0 Å². The molecule has 1 heterocycles. The zero-order valence-corrected chi connectivity index (χ0v) is 11.1. The summed E-state index contributed by atoms with van der Waals surface area (Å²) in [5.41, 5.74) is 0. The Hall–Kier alpha value is -0.740. The largest absolute Gasteiger partial charge is 0.436 e. The van der Waals surface area contributed by atoms with Crippen molar-refractivity contribution in [1.29, 1.82) is 0 Å². The molecule has 0 bridgehead atoms. The smallest absolute Gasteiger partial charge is 0.242 e. The van der Waals surface area contributed by atoms with Crippen molar-refractivity contribution in [2.45, 2.75) is 0 Å². The zero-order chi connectivity index (χ0) is 12.4. The Morgan fingerprint density at radius 2 is 1.76 bits per heavy atom. The minimum absolute atomic E-state index is 0.0301. The summed E-state index contributed by atoms with van der Waals surface area (Å²) in [6, 6.07) is 4.98. The van der Waals surface area contributed by atoms with E-state index in [1.807, 2.05) is 0 Å². The second-order valence-corrected chi connectivity index (χ2v) is 4.48. The van der Waals surface area contributed by atoms with Crippen LogP contribution in [0.5, 0.6) is 11.6 Å². The molecular formula is C10H4Cl4N2O. The normalized spacial score (nSPS) is 10.4. The van der Waals surface area contributed by atoms with Crippen LogP contribution in [0, 0.1) is 0 Å². The van der Waals surface area contributed by atoms with Crippen LogP contribution in [0.15, 0.2) is 24.4 Å². The summed E-state index contributed by atoms with van der Waals surface area (Å²) in [6.07, 6.45) is 1.34. The number of halogens is 4. The average Bonchev–Trinajstić information content (AvgIpc) is 2.30. The molecule has 2 rings (SSSR count). The van der Waals surface area contributed by atoms with E-state index in [4.69, 9.17) is 51.1 Å². The Morgan fingerprint density at radius 3 is 2.53 bits per heavy atom. The number of benzene rings is 1. The standard InChI is InChI=1S/C10H4Cl4N2O/c11-5-2-1-3-7(8(5)13)17-9-6(12)4-15-10(14)16-9/h1-4H. The van der Waals surface area contributed by atoms with Crippen molar-refractivity contribution in [1.82, 2.24) is 9.97 Å². The van der Waals surface area contributed by atoms with Crippen LogP contribution in [0.4, 0.5) is 0 Å². The third-order valence-corrected chi connectivity index (χ3v) is 3.05. The van der Waals surface area contributed by atoms with Crippen LogP contribution in [-0.2, 0) is 0 Å². The molecule has 0 spiro atoms. The molecule has 0 N–H and O–H groups in total. The lowest BCUT2D eigenvalue weighted by Gasteiger charge is -2.08. The first-order valence-corrected chi connectivity index (χ1v) is 5.89. The van der Waals surface area contributed by atoms with Gasteiger partial charge < -0.3 is 4.74 Å². The summed E-state index contributed by atoms with van der Waals surface area (Å²) >= 11 is 23.3. The molecule has 0 aliphatic rings. The van der Waals surface area contributed by atoms with E-state index in [9.17, 15) is 0 Å². The predicted molar refractivity (Wildman–Crippen MR) is 68.6 cm³/mol. The Bertz CT molecular complexity index is 562. The maximum absolute atomic E-state index is 5.96. The number of nitrogens with zero attached hydrogens (tertiary/aromatic N) is 2. The van der Waals surface area contributed by atoms with Crippen LogP contribution >= 0.6 is 46.4 Å². The number of hydrogen-bond donors (Lipinski definition) is 0. The third kappa shape index (κ3) is 2.93. The highest BCUT2D eigenvalue weighted by molar-refractivity contribution is 6.43. The fraction of sp³-hybridized carbons (Fsp3) is 0. The van der Waals surface area contributed by atoms with Gasteiger partial charge >= 0.3 is 0 Å². The van der Waals surface area contributed by atoms with Gasteiger partial charge in [0.25, 0.3) is 0 Å². The fourth-order valence-electron chi connectivity index (χ4n) is 1.07. The van der Waals surface area contributed by atoms with Crippen molar-refractivity contribution >= 4 is 46.4 Å². The molecule has 0 unspecified atom stereocenters. The number of rotatable bonds is 2. The van der Waals surface area contributed by atoms with Gasteiger partial charge in [0, 0.05) is 0 Å². The summed E-state index contributed by atoms with van der Waals surface area (Å²) in [5, 5.41) is 0.911.